The van der Waals surface area contributed by atoms with Crippen molar-refractivity contribution in [3.8, 4) is 0 Å². The maximum Gasteiger partial charge on any atom is 0.260 e. The van der Waals surface area contributed by atoms with Gasteiger partial charge in [0.25, 0.3) is 10.0 Å². The Morgan fingerprint density at radius 1 is 1.26 bits per heavy atom. The summed E-state index contributed by atoms with van der Waals surface area (Å²) in [6, 6.07) is 3.33. The molecular formula is C13H17N3O2S. The molecule has 3 N–H and O–H groups in total. The number of pyridine rings is 1. The van der Waals surface area contributed by atoms with E-state index in [1.807, 2.05) is 0 Å². The number of nitrogens with one attached hydrogen (secondary N) is 1. The van der Waals surface area contributed by atoms with Crippen LogP contribution < -0.4 is 10.5 Å². The Morgan fingerprint density at radius 2 is 1.95 bits per heavy atom. The van der Waals surface area contributed by atoms with Gasteiger partial charge in [-0.25, -0.2) is 18.1 Å². The van der Waals surface area contributed by atoms with Crippen molar-refractivity contribution >= 4 is 15.7 Å². The quantitative estimate of drug-likeness (QED) is 0.864. The van der Waals surface area contributed by atoms with Gasteiger partial charge in [-0.15, -0.1) is 0 Å². The number of nitrogens with zero attached hydrogens (tertiary/aromatic N) is 1. The first-order chi connectivity index (χ1) is 9.08. The Bertz CT molecular complexity index is 615. The highest BCUT2D eigenvalue weighted by Gasteiger charge is 2.65. The molecule has 2 bridgehead atoms. The van der Waals surface area contributed by atoms with E-state index in [1.54, 1.807) is 12.1 Å². The van der Waals surface area contributed by atoms with Crippen molar-refractivity contribution < 1.29 is 8.42 Å². The number of hydrogen-bond donors (Lipinski definition) is 2. The molecule has 4 atom stereocenters. The highest BCUT2D eigenvalue weighted by Crippen LogP contribution is 2.65. The molecule has 0 amide bonds. The molecule has 1 heterocycles. The molecule has 3 aliphatic rings. The molecule has 3 saturated carbocycles. The summed E-state index contributed by atoms with van der Waals surface area (Å²) < 4.78 is 27.4. The van der Waals surface area contributed by atoms with Gasteiger partial charge in [-0.1, -0.05) is 0 Å². The summed E-state index contributed by atoms with van der Waals surface area (Å²) in [4.78, 5) is 3.90. The highest BCUT2D eigenvalue weighted by molar-refractivity contribution is 7.89. The fourth-order valence-electron chi connectivity index (χ4n) is 4.35. The molecule has 6 heteroatoms. The van der Waals surface area contributed by atoms with Crippen molar-refractivity contribution in [2.75, 3.05) is 5.73 Å². The van der Waals surface area contributed by atoms with Crippen molar-refractivity contribution in [2.24, 2.45) is 23.7 Å². The third-order valence-corrected chi connectivity index (χ3v) is 6.51. The van der Waals surface area contributed by atoms with Gasteiger partial charge in [-0.3, -0.25) is 0 Å². The molecule has 0 radical (unpaired) electrons. The molecule has 0 saturated heterocycles. The fraction of sp³-hybridized carbons (Fsp3) is 0.615. The van der Waals surface area contributed by atoms with Crippen LogP contribution in [0.25, 0.3) is 0 Å². The van der Waals surface area contributed by atoms with Crippen molar-refractivity contribution in [2.45, 2.75) is 30.3 Å². The van der Waals surface area contributed by atoms with Gasteiger partial charge in [0, 0.05) is 12.2 Å². The molecule has 5 nitrogen and oxygen atoms in total. The maximum atomic E-state index is 12.3. The van der Waals surface area contributed by atoms with Crippen LogP contribution in [-0.4, -0.2) is 19.4 Å². The van der Waals surface area contributed by atoms with Gasteiger partial charge >= 0.3 is 0 Å². The zero-order valence-corrected chi connectivity index (χ0v) is 11.3. The summed E-state index contributed by atoms with van der Waals surface area (Å²) in [5, 5.41) is -0.0349. The molecule has 3 aliphatic carbocycles. The first kappa shape index (κ1) is 11.7. The average Bonchev–Trinajstić information content (AvgIpc) is 2.77. The molecular weight excluding hydrogens is 262 g/mol. The van der Waals surface area contributed by atoms with Gasteiger partial charge in [0.05, 0.1) is 5.69 Å². The van der Waals surface area contributed by atoms with E-state index in [9.17, 15) is 8.42 Å². The van der Waals surface area contributed by atoms with E-state index in [0.717, 1.165) is 11.8 Å². The van der Waals surface area contributed by atoms with E-state index in [4.69, 9.17) is 5.73 Å². The smallest absolute Gasteiger partial charge is 0.260 e. The van der Waals surface area contributed by atoms with Crippen LogP contribution in [0, 0.1) is 23.7 Å². The molecule has 0 aromatic carbocycles. The Kier molecular flexibility index (Phi) is 2.27. The first-order valence-electron chi connectivity index (χ1n) is 6.81. The molecule has 0 aliphatic heterocycles. The highest BCUT2D eigenvalue weighted by atomic mass is 32.2. The van der Waals surface area contributed by atoms with Crippen molar-refractivity contribution in [1.82, 2.24) is 9.71 Å². The van der Waals surface area contributed by atoms with Gasteiger partial charge in [-0.2, -0.15) is 0 Å². The van der Waals surface area contributed by atoms with Crippen molar-refractivity contribution in [3.05, 3.63) is 18.3 Å². The summed E-state index contributed by atoms with van der Waals surface area (Å²) in [5.41, 5.74) is 5.92. The molecule has 102 valence electrons. The normalized spacial score (nSPS) is 39.3. The Hall–Kier alpha value is -1.14. The second-order valence-electron chi connectivity index (χ2n) is 6.03. The van der Waals surface area contributed by atoms with Crippen LogP contribution >= 0.6 is 0 Å². The summed E-state index contributed by atoms with van der Waals surface area (Å²) >= 11 is 0. The average molecular weight is 279 g/mol. The van der Waals surface area contributed by atoms with E-state index in [2.05, 4.69) is 9.71 Å². The minimum Gasteiger partial charge on any atom is -0.396 e. The summed E-state index contributed by atoms with van der Waals surface area (Å²) in [7, 11) is -3.57. The van der Waals surface area contributed by atoms with Gasteiger partial charge in [0.1, 0.15) is 0 Å². The monoisotopic (exact) mass is 279 g/mol. The number of fused-ring (bicyclic) bond motifs is 5. The number of hydrogen-bond acceptors (Lipinski definition) is 4. The number of anilines is 1. The lowest BCUT2D eigenvalue weighted by Gasteiger charge is -2.11. The number of aromatic nitrogens is 1. The predicted molar refractivity (Wildman–Crippen MR) is 70.6 cm³/mol. The van der Waals surface area contributed by atoms with Gasteiger partial charge < -0.3 is 5.73 Å². The van der Waals surface area contributed by atoms with E-state index in [1.165, 1.54) is 25.5 Å². The SMILES string of the molecule is Nc1cccnc1S(=O)(=O)NC1C2C3CCC(C3)C12. The second-order valence-corrected chi connectivity index (χ2v) is 7.66. The first-order valence-corrected chi connectivity index (χ1v) is 8.29. The molecule has 0 spiro atoms. The Labute approximate surface area is 112 Å². The van der Waals surface area contributed by atoms with E-state index in [0.29, 0.717) is 11.8 Å². The lowest BCUT2D eigenvalue weighted by Crippen LogP contribution is -2.31. The molecule has 3 fully saturated rings. The van der Waals surface area contributed by atoms with Crippen LogP contribution in [0.5, 0.6) is 0 Å². The minimum atomic E-state index is -3.57. The van der Waals surface area contributed by atoms with Crippen LogP contribution in [0.4, 0.5) is 5.69 Å². The van der Waals surface area contributed by atoms with E-state index in [-0.39, 0.29) is 16.8 Å². The summed E-state index contributed by atoms with van der Waals surface area (Å²) in [6.45, 7) is 0. The zero-order valence-electron chi connectivity index (χ0n) is 10.5. The van der Waals surface area contributed by atoms with Gasteiger partial charge in [0.15, 0.2) is 5.03 Å². The number of sulfonamides is 1. The largest absolute Gasteiger partial charge is 0.396 e. The van der Waals surface area contributed by atoms with Gasteiger partial charge in [0.2, 0.25) is 0 Å². The van der Waals surface area contributed by atoms with Crippen LogP contribution in [0.3, 0.4) is 0 Å². The molecule has 4 rings (SSSR count). The molecule has 1 aromatic heterocycles. The van der Waals surface area contributed by atoms with E-state index < -0.39 is 10.0 Å². The minimum absolute atomic E-state index is 0.0349. The molecule has 4 unspecified atom stereocenters. The predicted octanol–water partition coefficient (Wildman–Crippen LogP) is 0.987. The van der Waals surface area contributed by atoms with Crippen LogP contribution in [0.15, 0.2) is 23.4 Å². The van der Waals surface area contributed by atoms with Crippen molar-refractivity contribution in [1.29, 1.82) is 0 Å². The summed E-state index contributed by atoms with van der Waals surface area (Å²) in [6.07, 6.45) is 5.31. The fourth-order valence-corrected chi connectivity index (χ4v) is 5.71. The lowest BCUT2D eigenvalue weighted by atomic mass is 10.0. The molecule has 1 aromatic rings. The number of nitrogens with two attached hydrogens (primary N) is 1. The third-order valence-electron chi connectivity index (χ3n) is 5.08. The van der Waals surface area contributed by atoms with Crippen LogP contribution in [-0.2, 0) is 10.0 Å². The van der Waals surface area contributed by atoms with Gasteiger partial charge in [-0.05, 0) is 55.1 Å². The second kappa shape index (κ2) is 3.70. The van der Waals surface area contributed by atoms with Crippen LogP contribution in [0.2, 0.25) is 0 Å². The molecule has 19 heavy (non-hydrogen) atoms. The van der Waals surface area contributed by atoms with Crippen LogP contribution in [0.1, 0.15) is 19.3 Å². The Balaban J connectivity index is 1.57. The Morgan fingerprint density at radius 3 is 2.58 bits per heavy atom. The zero-order chi connectivity index (χ0) is 13.2. The van der Waals surface area contributed by atoms with E-state index >= 15 is 0 Å². The van der Waals surface area contributed by atoms with Crippen molar-refractivity contribution in [3.63, 3.8) is 0 Å². The maximum absolute atomic E-state index is 12.3. The third kappa shape index (κ3) is 1.63. The topological polar surface area (TPSA) is 85.1 Å². The number of rotatable bonds is 3. The summed E-state index contributed by atoms with van der Waals surface area (Å²) in [5.74, 6) is 2.62. The standard InChI is InChI=1S/C13H17N3O2S/c14-9-2-1-5-15-13(9)19(17,18)16-12-10-7-3-4-8(6-7)11(10)12/h1-2,5,7-8,10-12,16H,3-4,6,14H2. The number of nitrogen functional groups attached to an aromatic ring is 1. The lowest BCUT2D eigenvalue weighted by molar-refractivity contribution is 0.456.